The molecule has 0 radical (unpaired) electrons. The van der Waals surface area contributed by atoms with Gasteiger partial charge in [-0.2, -0.15) is 0 Å². The van der Waals surface area contributed by atoms with Crippen LogP contribution in [0.5, 0.6) is 0 Å². The summed E-state index contributed by atoms with van der Waals surface area (Å²) in [5, 5.41) is 11.9. The molecule has 0 atom stereocenters. The summed E-state index contributed by atoms with van der Waals surface area (Å²) in [4.78, 5) is 25.2. The van der Waals surface area contributed by atoms with Gasteiger partial charge in [-0.25, -0.2) is 9.59 Å². The van der Waals surface area contributed by atoms with Gasteiger partial charge < -0.3 is 21.1 Å². The Morgan fingerprint density at radius 3 is 2.08 bits per heavy atom. The third-order valence-electron chi connectivity index (χ3n) is 3.37. The second kappa shape index (κ2) is 7.66. The number of hydrogen-bond donors (Lipinski definition) is 3. The van der Waals surface area contributed by atoms with E-state index in [1.807, 2.05) is 34.6 Å². The first kappa shape index (κ1) is 20.0. The van der Waals surface area contributed by atoms with E-state index < -0.39 is 5.97 Å². The second-order valence-corrected chi connectivity index (χ2v) is 7.84. The van der Waals surface area contributed by atoms with Crippen LogP contribution in [0.15, 0.2) is 24.3 Å². The van der Waals surface area contributed by atoms with Crippen molar-refractivity contribution in [3.63, 3.8) is 0 Å². The average Bonchev–Trinajstić information content (AvgIpc) is 2.40. The maximum atomic E-state index is 12.5. The van der Waals surface area contributed by atoms with E-state index >= 15 is 0 Å². The standard InChI is InChI=1S/C18H29N3O3/c1-17(2,3)20-16(24)21(11-10-18(4,5)19)12-13-6-8-14(9-7-13)15(22)23/h6-9H,10-12,19H2,1-5H3,(H,20,24)(H,22,23). The first-order valence-electron chi connectivity index (χ1n) is 8.06. The van der Waals surface area contributed by atoms with E-state index in [2.05, 4.69) is 5.32 Å². The predicted octanol–water partition coefficient (Wildman–Crippen LogP) is 2.82. The molecule has 0 aromatic heterocycles. The van der Waals surface area contributed by atoms with Gasteiger partial charge in [0.2, 0.25) is 0 Å². The molecule has 0 bridgehead atoms. The van der Waals surface area contributed by atoms with Gasteiger partial charge in [0.05, 0.1) is 5.56 Å². The molecule has 4 N–H and O–H groups in total. The molecule has 0 aliphatic rings. The summed E-state index contributed by atoms with van der Waals surface area (Å²) in [6.45, 7) is 10.6. The van der Waals surface area contributed by atoms with Crippen LogP contribution in [-0.4, -0.2) is 39.6 Å². The first-order valence-corrected chi connectivity index (χ1v) is 8.06. The molecule has 6 heteroatoms. The fraction of sp³-hybridized carbons (Fsp3) is 0.556. The third-order valence-corrected chi connectivity index (χ3v) is 3.37. The lowest BCUT2D eigenvalue weighted by molar-refractivity contribution is 0.0696. The highest BCUT2D eigenvalue weighted by molar-refractivity contribution is 5.87. The van der Waals surface area contributed by atoms with Gasteiger partial charge in [0.15, 0.2) is 0 Å². The molecule has 1 aromatic carbocycles. The topological polar surface area (TPSA) is 95.7 Å². The minimum atomic E-state index is -0.964. The zero-order chi connectivity index (χ0) is 18.5. The molecule has 1 rings (SSSR count). The normalized spacial score (nSPS) is 11.9. The highest BCUT2D eigenvalue weighted by atomic mass is 16.4. The number of nitrogens with zero attached hydrogens (tertiary/aromatic N) is 1. The number of carbonyl (C=O) groups is 2. The number of carboxylic acid groups (broad SMARTS) is 1. The van der Waals surface area contributed by atoms with Gasteiger partial charge in [0, 0.05) is 24.2 Å². The lowest BCUT2D eigenvalue weighted by Gasteiger charge is -2.30. The lowest BCUT2D eigenvalue weighted by Crippen LogP contribution is -2.49. The highest BCUT2D eigenvalue weighted by Crippen LogP contribution is 2.12. The monoisotopic (exact) mass is 335 g/mol. The number of rotatable bonds is 6. The molecule has 0 unspecified atom stereocenters. The Kier molecular flexibility index (Phi) is 6.37. The highest BCUT2D eigenvalue weighted by Gasteiger charge is 2.22. The molecule has 0 fully saturated rings. The molecular formula is C18H29N3O3. The molecule has 2 amide bonds. The Labute approximate surface area is 144 Å². The summed E-state index contributed by atoms with van der Waals surface area (Å²) in [5.41, 5.74) is 6.44. The molecular weight excluding hydrogens is 306 g/mol. The SMILES string of the molecule is CC(C)(N)CCN(Cc1ccc(C(=O)O)cc1)C(=O)NC(C)(C)C. The van der Waals surface area contributed by atoms with Crippen LogP contribution in [0.1, 0.15) is 57.0 Å². The van der Waals surface area contributed by atoms with Crippen LogP contribution in [0, 0.1) is 0 Å². The van der Waals surface area contributed by atoms with Crippen molar-refractivity contribution < 1.29 is 14.7 Å². The maximum Gasteiger partial charge on any atom is 0.335 e. The molecule has 0 saturated heterocycles. The van der Waals surface area contributed by atoms with Crippen molar-refractivity contribution in [3.05, 3.63) is 35.4 Å². The molecule has 0 saturated carbocycles. The lowest BCUT2D eigenvalue weighted by atomic mass is 10.0. The smallest absolute Gasteiger partial charge is 0.335 e. The van der Waals surface area contributed by atoms with Crippen molar-refractivity contribution in [2.75, 3.05) is 6.54 Å². The van der Waals surface area contributed by atoms with Crippen LogP contribution >= 0.6 is 0 Å². The minimum absolute atomic E-state index is 0.158. The van der Waals surface area contributed by atoms with Crippen LogP contribution in [0.25, 0.3) is 0 Å². The summed E-state index contributed by atoms with van der Waals surface area (Å²) >= 11 is 0. The molecule has 0 heterocycles. The zero-order valence-electron chi connectivity index (χ0n) is 15.2. The average molecular weight is 335 g/mol. The Hall–Kier alpha value is -2.08. The van der Waals surface area contributed by atoms with Gasteiger partial charge in [-0.3, -0.25) is 0 Å². The van der Waals surface area contributed by atoms with Crippen LogP contribution in [0.4, 0.5) is 4.79 Å². The Bertz CT molecular complexity index is 569. The number of urea groups is 1. The maximum absolute atomic E-state index is 12.5. The van der Waals surface area contributed by atoms with Crippen LogP contribution < -0.4 is 11.1 Å². The van der Waals surface area contributed by atoms with E-state index in [9.17, 15) is 9.59 Å². The third kappa shape index (κ3) is 7.46. The predicted molar refractivity (Wildman–Crippen MR) is 95.0 cm³/mol. The molecule has 6 nitrogen and oxygen atoms in total. The van der Waals surface area contributed by atoms with Crippen molar-refractivity contribution in [2.45, 2.75) is 58.7 Å². The van der Waals surface area contributed by atoms with Crippen molar-refractivity contribution >= 4 is 12.0 Å². The number of nitrogens with one attached hydrogen (secondary N) is 1. The number of hydrogen-bond acceptors (Lipinski definition) is 3. The van der Waals surface area contributed by atoms with Crippen molar-refractivity contribution in [3.8, 4) is 0 Å². The summed E-state index contributed by atoms with van der Waals surface area (Å²) in [5.74, 6) is -0.964. The second-order valence-electron chi connectivity index (χ2n) is 7.84. The van der Waals surface area contributed by atoms with E-state index in [0.29, 0.717) is 19.5 Å². The number of nitrogens with two attached hydrogens (primary N) is 1. The number of carbonyl (C=O) groups excluding carboxylic acids is 1. The zero-order valence-corrected chi connectivity index (χ0v) is 15.2. The number of carboxylic acids is 1. The minimum Gasteiger partial charge on any atom is -0.478 e. The van der Waals surface area contributed by atoms with E-state index in [-0.39, 0.29) is 22.7 Å². The summed E-state index contributed by atoms with van der Waals surface area (Å²) in [6.07, 6.45) is 0.664. The molecule has 24 heavy (non-hydrogen) atoms. The molecule has 0 aliphatic carbocycles. The Balaban J connectivity index is 2.87. The fourth-order valence-electron chi connectivity index (χ4n) is 2.05. The number of aromatic carboxylic acids is 1. The van der Waals surface area contributed by atoms with Crippen LogP contribution in [0.2, 0.25) is 0 Å². The van der Waals surface area contributed by atoms with E-state index in [1.54, 1.807) is 29.2 Å². The van der Waals surface area contributed by atoms with Crippen LogP contribution in [0.3, 0.4) is 0 Å². The summed E-state index contributed by atoms with van der Waals surface area (Å²) < 4.78 is 0. The first-order chi connectivity index (χ1) is 10.9. The molecule has 0 aliphatic heterocycles. The van der Waals surface area contributed by atoms with Crippen molar-refractivity contribution in [1.82, 2.24) is 10.2 Å². The Morgan fingerprint density at radius 1 is 1.12 bits per heavy atom. The van der Waals surface area contributed by atoms with Gasteiger partial charge in [-0.1, -0.05) is 12.1 Å². The van der Waals surface area contributed by atoms with E-state index in [0.717, 1.165) is 5.56 Å². The van der Waals surface area contributed by atoms with Gasteiger partial charge in [-0.05, 0) is 58.7 Å². The molecule has 0 spiro atoms. The van der Waals surface area contributed by atoms with E-state index in [1.165, 1.54) is 0 Å². The van der Waals surface area contributed by atoms with Gasteiger partial charge >= 0.3 is 12.0 Å². The molecule has 134 valence electrons. The Morgan fingerprint density at radius 2 is 1.67 bits per heavy atom. The summed E-state index contributed by atoms with van der Waals surface area (Å²) in [7, 11) is 0. The number of amides is 2. The molecule has 1 aromatic rings. The van der Waals surface area contributed by atoms with E-state index in [4.69, 9.17) is 10.8 Å². The fourth-order valence-corrected chi connectivity index (χ4v) is 2.05. The quantitative estimate of drug-likeness (QED) is 0.745. The van der Waals surface area contributed by atoms with Crippen molar-refractivity contribution in [2.24, 2.45) is 5.73 Å². The number of benzene rings is 1. The van der Waals surface area contributed by atoms with Gasteiger partial charge in [0.25, 0.3) is 0 Å². The van der Waals surface area contributed by atoms with Gasteiger partial charge in [0.1, 0.15) is 0 Å². The van der Waals surface area contributed by atoms with Gasteiger partial charge in [-0.15, -0.1) is 0 Å². The summed E-state index contributed by atoms with van der Waals surface area (Å²) in [6, 6.07) is 6.39. The van der Waals surface area contributed by atoms with Crippen molar-refractivity contribution in [1.29, 1.82) is 0 Å². The largest absolute Gasteiger partial charge is 0.478 e. The van der Waals surface area contributed by atoms with Crippen LogP contribution in [-0.2, 0) is 6.54 Å².